The Bertz CT molecular complexity index is 554. The van der Waals surface area contributed by atoms with Gasteiger partial charge in [0.25, 0.3) is 5.91 Å². The summed E-state index contributed by atoms with van der Waals surface area (Å²) in [7, 11) is 0. The second kappa shape index (κ2) is 7.28. The van der Waals surface area contributed by atoms with Crippen molar-refractivity contribution in [2.24, 2.45) is 0 Å². The minimum atomic E-state index is -0.0475. The van der Waals surface area contributed by atoms with E-state index in [1.54, 1.807) is 6.07 Å². The summed E-state index contributed by atoms with van der Waals surface area (Å²) in [6.07, 6.45) is 9.35. The van der Waals surface area contributed by atoms with Gasteiger partial charge < -0.3 is 10.2 Å². The summed E-state index contributed by atoms with van der Waals surface area (Å²) in [6, 6.07) is 2.62. The van der Waals surface area contributed by atoms with Gasteiger partial charge in [0.1, 0.15) is 5.69 Å². The lowest BCUT2D eigenvalue weighted by Crippen LogP contribution is -2.41. The molecule has 5 nitrogen and oxygen atoms in total. The van der Waals surface area contributed by atoms with E-state index >= 15 is 0 Å². The van der Waals surface area contributed by atoms with Crippen LogP contribution in [0.25, 0.3) is 0 Å². The molecule has 5 heteroatoms. The van der Waals surface area contributed by atoms with Crippen molar-refractivity contribution >= 4 is 11.9 Å². The zero-order chi connectivity index (χ0) is 16.2. The second-order valence-electron chi connectivity index (χ2n) is 6.90. The fourth-order valence-electron chi connectivity index (χ4n) is 3.82. The standard InChI is InChI=1S/C18H28N4O/c1-3-15-10-6-7-11-22(15)18-19-13(2)12-16(21-18)17(23)20-14-8-4-5-9-14/h12,14-15H,3-11H2,1-2H3,(H,20,23). The maximum absolute atomic E-state index is 12.5. The number of hydrogen-bond donors (Lipinski definition) is 1. The average molecular weight is 316 g/mol. The number of anilines is 1. The van der Waals surface area contributed by atoms with Crippen LogP contribution >= 0.6 is 0 Å². The van der Waals surface area contributed by atoms with Gasteiger partial charge in [0.2, 0.25) is 5.95 Å². The molecule has 1 saturated carbocycles. The molecule has 1 aliphatic carbocycles. The van der Waals surface area contributed by atoms with Crippen molar-refractivity contribution in [1.82, 2.24) is 15.3 Å². The van der Waals surface area contributed by atoms with E-state index in [4.69, 9.17) is 0 Å². The Morgan fingerprint density at radius 2 is 1.96 bits per heavy atom. The van der Waals surface area contributed by atoms with E-state index in [9.17, 15) is 4.79 Å². The maximum atomic E-state index is 12.5. The quantitative estimate of drug-likeness (QED) is 0.926. The van der Waals surface area contributed by atoms with Crippen molar-refractivity contribution in [1.29, 1.82) is 0 Å². The molecule has 1 aromatic rings. The lowest BCUT2D eigenvalue weighted by atomic mass is 10.0. The third-order valence-corrected chi connectivity index (χ3v) is 5.12. The van der Waals surface area contributed by atoms with E-state index in [-0.39, 0.29) is 5.91 Å². The molecule has 2 fully saturated rings. The summed E-state index contributed by atoms with van der Waals surface area (Å²) < 4.78 is 0. The molecule has 2 heterocycles. The largest absolute Gasteiger partial charge is 0.348 e. The van der Waals surface area contributed by atoms with Crippen molar-refractivity contribution in [3.8, 4) is 0 Å². The molecule has 1 unspecified atom stereocenters. The van der Waals surface area contributed by atoms with Gasteiger partial charge in [-0.25, -0.2) is 9.97 Å². The molecule has 2 aliphatic rings. The normalized spacial score (nSPS) is 22.3. The van der Waals surface area contributed by atoms with Crippen LogP contribution in [-0.2, 0) is 0 Å². The zero-order valence-corrected chi connectivity index (χ0v) is 14.3. The number of rotatable bonds is 4. The van der Waals surface area contributed by atoms with E-state index in [1.807, 2.05) is 6.92 Å². The highest BCUT2D eigenvalue weighted by Crippen LogP contribution is 2.24. The Hall–Kier alpha value is -1.65. The molecule has 0 spiro atoms. The highest BCUT2D eigenvalue weighted by Gasteiger charge is 2.25. The maximum Gasteiger partial charge on any atom is 0.270 e. The van der Waals surface area contributed by atoms with Gasteiger partial charge in [-0.3, -0.25) is 4.79 Å². The van der Waals surface area contributed by atoms with Crippen LogP contribution < -0.4 is 10.2 Å². The fraction of sp³-hybridized carbons (Fsp3) is 0.722. The number of aromatic nitrogens is 2. The van der Waals surface area contributed by atoms with E-state index in [0.717, 1.165) is 37.4 Å². The molecule has 0 radical (unpaired) electrons. The third kappa shape index (κ3) is 3.82. The van der Waals surface area contributed by atoms with Crippen LogP contribution in [0.15, 0.2) is 6.07 Å². The van der Waals surface area contributed by atoms with Crippen molar-refractivity contribution in [2.45, 2.75) is 77.3 Å². The van der Waals surface area contributed by atoms with Crippen LogP contribution in [0.4, 0.5) is 5.95 Å². The van der Waals surface area contributed by atoms with Gasteiger partial charge in [-0.1, -0.05) is 19.8 Å². The Labute approximate surface area is 138 Å². The van der Waals surface area contributed by atoms with Crippen molar-refractivity contribution in [2.75, 3.05) is 11.4 Å². The summed E-state index contributed by atoms with van der Waals surface area (Å²) in [6.45, 7) is 5.15. The topological polar surface area (TPSA) is 58.1 Å². The number of carbonyl (C=O) groups is 1. The minimum absolute atomic E-state index is 0.0475. The predicted molar refractivity (Wildman–Crippen MR) is 91.8 cm³/mol. The van der Waals surface area contributed by atoms with Crippen LogP contribution in [0, 0.1) is 6.92 Å². The second-order valence-corrected chi connectivity index (χ2v) is 6.90. The molecule has 3 rings (SSSR count). The highest BCUT2D eigenvalue weighted by molar-refractivity contribution is 5.92. The Balaban J connectivity index is 1.79. The molecule has 23 heavy (non-hydrogen) atoms. The van der Waals surface area contributed by atoms with Crippen LogP contribution in [-0.4, -0.2) is 34.5 Å². The van der Waals surface area contributed by atoms with Crippen LogP contribution in [0.3, 0.4) is 0 Å². The average Bonchev–Trinajstić information content (AvgIpc) is 3.07. The first-order valence-corrected chi connectivity index (χ1v) is 9.10. The minimum Gasteiger partial charge on any atom is -0.348 e. The van der Waals surface area contributed by atoms with Gasteiger partial charge in [0.15, 0.2) is 0 Å². The molecular weight excluding hydrogens is 288 g/mol. The highest BCUT2D eigenvalue weighted by atomic mass is 16.1. The number of aryl methyl sites for hydroxylation is 1. The summed E-state index contributed by atoms with van der Waals surface area (Å²) in [5.74, 6) is 0.682. The SMILES string of the molecule is CCC1CCCCN1c1nc(C)cc(C(=O)NC2CCCC2)n1. The molecule has 1 N–H and O–H groups in total. The first-order valence-electron chi connectivity index (χ1n) is 9.10. The van der Waals surface area contributed by atoms with Gasteiger partial charge >= 0.3 is 0 Å². The summed E-state index contributed by atoms with van der Waals surface area (Å²) in [5.41, 5.74) is 1.38. The third-order valence-electron chi connectivity index (χ3n) is 5.12. The first kappa shape index (κ1) is 16.2. The Morgan fingerprint density at radius 1 is 1.22 bits per heavy atom. The monoisotopic (exact) mass is 316 g/mol. The number of nitrogens with zero attached hydrogens (tertiary/aromatic N) is 3. The van der Waals surface area contributed by atoms with Crippen molar-refractivity contribution in [3.63, 3.8) is 0 Å². The lowest BCUT2D eigenvalue weighted by Gasteiger charge is -2.35. The molecular formula is C18H28N4O. The molecule has 1 amide bonds. The van der Waals surface area contributed by atoms with E-state index < -0.39 is 0 Å². The molecule has 1 aromatic heterocycles. The smallest absolute Gasteiger partial charge is 0.270 e. The van der Waals surface area contributed by atoms with E-state index in [2.05, 4.69) is 27.1 Å². The Morgan fingerprint density at radius 3 is 2.70 bits per heavy atom. The van der Waals surface area contributed by atoms with Crippen molar-refractivity contribution in [3.05, 3.63) is 17.5 Å². The van der Waals surface area contributed by atoms with Gasteiger partial charge in [-0.2, -0.15) is 0 Å². The van der Waals surface area contributed by atoms with Gasteiger partial charge in [-0.15, -0.1) is 0 Å². The molecule has 126 valence electrons. The molecule has 1 atom stereocenters. The predicted octanol–water partition coefficient (Wildman–Crippen LogP) is 3.23. The number of carbonyl (C=O) groups excluding carboxylic acids is 1. The lowest BCUT2D eigenvalue weighted by molar-refractivity contribution is 0.0932. The Kier molecular flexibility index (Phi) is 5.13. The summed E-state index contributed by atoms with van der Waals surface area (Å²) in [4.78, 5) is 24.0. The molecule has 1 aliphatic heterocycles. The number of piperidine rings is 1. The number of nitrogens with one attached hydrogen (secondary N) is 1. The summed E-state index contributed by atoms with van der Waals surface area (Å²) in [5, 5.41) is 3.13. The van der Waals surface area contributed by atoms with E-state index in [0.29, 0.717) is 17.8 Å². The molecule has 1 saturated heterocycles. The number of hydrogen-bond acceptors (Lipinski definition) is 4. The zero-order valence-electron chi connectivity index (χ0n) is 14.3. The van der Waals surface area contributed by atoms with Crippen LogP contribution in [0.1, 0.15) is 74.5 Å². The van der Waals surface area contributed by atoms with Gasteiger partial charge in [0.05, 0.1) is 0 Å². The molecule has 0 bridgehead atoms. The number of amides is 1. The van der Waals surface area contributed by atoms with Crippen LogP contribution in [0.2, 0.25) is 0 Å². The molecule has 0 aromatic carbocycles. The van der Waals surface area contributed by atoms with Gasteiger partial charge in [-0.05, 0) is 51.5 Å². The first-order chi connectivity index (χ1) is 11.2. The van der Waals surface area contributed by atoms with E-state index in [1.165, 1.54) is 32.1 Å². The van der Waals surface area contributed by atoms with Crippen molar-refractivity contribution < 1.29 is 4.79 Å². The fourth-order valence-corrected chi connectivity index (χ4v) is 3.82. The van der Waals surface area contributed by atoms with Crippen LogP contribution in [0.5, 0.6) is 0 Å². The van der Waals surface area contributed by atoms with Gasteiger partial charge in [0, 0.05) is 24.3 Å². The summed E-state index contributed by atoms with van der Waals surface area (Å²) >= 11 is 0.